The average Bonchev–Trinajstić information content (AvgIpc) is 2.67. The van der Waals surface area contributed by atoms with E-state index in [-0.39, 0.29) is 0 Å². The number of unbranched alkanes of at least 4 members (excludes halogenated alkanes) is 3. The van der Waals surface area contributed by atoms with Gasteiger partial charge in [-0.2, -0.15) is 0 Å². The van der Waals surface area contributed by atoms with Crippen LogP contribution in [0, 0.1) is 0 Å². The van der Waals surface area contributed by atoms with E-state index in [0.717, 1.165) is 38.2 Å². The second kappa shape index (κ2) is 11.7. The van der Waals surface area contributed by atoms with Gasteiger partial charge < -0.3 is 10.1 Å². The van der Waals surface area contributed by atoms with Gasteiger partial charge in [0.15, 0.2) is 0 Å². The van der Waals surface area contributed by atoms with Crippen LogP contribution in [0.25, 0.3) is 0 Å². The predicted molar refractivity (Wildman–Crippen MR) is 107 cm³/mol. The summed E-state index contributed by atoms with van der Waals surface area (Å²) in [5, 5.41) is 3.68. The Balaban J connectivity index is 1.75. The van der Waals surface area contributed by atoms with E-state index < -0.39 is 0 Å². The molecular formula is C23H33NO. The van der Waals surface area contributed by atoms with Crippen LogP contribution < -0.4 is 10.1 Å². The first-order valence-corrected chi connectivity index (χ1v) is 9.83. The Morgan fingerprint density at radius 2 is 1.64 bits per heavy atom. The molecule has 136 valence electrons. The number of hydrogen-bond acceptors (Lipinski definition) is 2. The lowest BCUT2D eigenvalue weighted by atomic mass is 10.0. The van der Waals surface area contributed by atoms with Crippen molar-refractivity contribution in [1.82, 2.24) is 5.32 Å². The van der Waals surface area contributed by atoms with Crippen molar-refractivity contribution in [1.29, 1.82) is 0 Å². The van der Waals surface area contributed by atoms with Crippen LogP contribution in [-0.4, -0.2) is 13.2 Å². The van der Waals surface area contributed by atoms with E-state index in [0.29, 0.717) is 6.04 Å². The van der Waals surface area contributed by atoms with Gasteiger partial charge in [-0.1, -0.05) is 75.6 Å². The molecule has 0 spiro atoms. The highest BCUT2D eigenvalue weighted by atomic mass is 16.5. The molecule has 0 aliphatic carbocycles. The molecule has 0 bridgehead atoms. The van der Waals surface area contributed by atoms with Gasteiger partial charge in [-0.3, -0.25) is 0 Å². The van der Waals surface area contributed by atoms with Crippen molar-refractivity contribution in [3.05, 3.63) is 65.7 Å². The van der Waals surface area contributed by atoms with E-state index in [1.165, 1.54) is 30.4 Å². The summed E-state index contributed by atoms with van der Waals surface area (Å²) in [7, 11) is 0. The number of hydrogen-bond donors (Lipinski definition) is 1. The summed E-state index contributed by atoms with van der Waals surface area (Å²) in [4.78, 5) is 0. The third-order valence-electron chi connectivity index (χ3n) is 4.60. The molecule has 0 heterocycles. The molecule has 2 nitrogen and oxygen atoms in total. The van der Waals surface area contributed by atoms with Crippen LogP contribution in [0.5, 0.6) is 5.75 Å². The molecule has 1 N–H and O–H groups in total. The maximum Gasteiger partial charge on any atom is 0.119 e. The maximum atomic E-state index is 5.84. The molecule has 0 aliphatic heterocycles. The zero-order valence-electron chi connectivity index (χ0n) is 15.8. The van der Waals surface area contributed by atoms with Crippen LogP contribution in [0.3, 0.4) is 0 Å². The summed E-state index contributed by atoms with van der Waals surface area (Å²) in [5.41, 5.74) is 2.73. The van der Waals surface area contributed by atoms with Crippen molar-refractivity contribution in [2.75, 3.05) is 13.2 Å². The predicted octanol–water partition coefficient (Wildman–Crippen LogP) is 5.93. The number of ether oxygens (including phenoxy) is 1. The second-order valence-corrected chi connectivity index (χ2v) is 6.63. The first-order valence-electron chi connectivity index (χ1n) is 9.83. The van der Waals surface area contributed by atoms with Crippen molar-refractivity contribution < 1.29 is 4.74 Å². The van der Waals surface area contributed by atoms with Crippen molar-refractivity contribution in [3.63, 3.8) is 0 Å². The first kappa shape index (κ1) is 19.5. The van der Waals surface area contributed by atoms with Crippen molar-refractivity contribution >= 4 is 0 Å². The van der Waals surface area contributed by atoms with E-state index in [4.69, 9.17) is 4.74 Å². The van der Waals surface area contributed by atoms with E-state index in [2.05, 4.69) is 73.8 Å². The van der Waals surface area contributed by atoms with Crippen LogP contribution in [0.1, 0.15) is 63.1 Å². The third kappa shape index (κ3) is 7.31. The molecule has 0 aromatic heterocycles. The number of nitrogens with one attached hydrogen (secondary N) is 1. The van der Waals surface area contributed by atoms with Gasteiger partial charge >= 0.3 is 0 Å². The fourth-order valence-corrected chi connectivity index (χ4v) is 3.05. The molecule has 1 atom stereocenters. The highest BCUT2D eigenvalue weighted by Crippen LogP contribution is 2.20. The number of benzene rings is 2. The summed E-state index contributed by atoms with van der Waals surface area (Å²) < 4.78 is 5.84. The highest BCUT2D eigenvalue weighted by molar-refractivity contribution is 5.29. The van der Waals surface area contributed by atoms with Crippen molar-refractivity contribution in [2.45, 2.75) is 58.4 Å². The van der Waals surface area contributed by atoms with E-state index in [1.807, 2.05) is 0 Å². The smallest absolute Gasteiger partial charge is 0.119 e. The molecule has 2 rings (SSSR count). The molecule has 2 aromatic carbocycles. The van der Waals surface area contributed by atoms with Gasteiger partial charge in [-0.15, -0.1) is 0 Å². The van der Waals surface area contributed by atoms with Gasteiger partial charge in [-0.25, -0.2) is 0 Å². The van der Waals surface area contributed by atoms with Crippen LogP contribution in [-0.2, 0) is 6.42 Å². The average molecular weight is 340 g/mol. The van der Waals surface area contributed by atoms with Gasteiger partial charge in [-0.05, 0) is 49.1 Å². The minimum Gasteiger partial charge on any atom is -0.494 e. The van der Waals surface area contributed by atoms with E-state index >= 15 is 0 Å². The zero-order chi connectivity index (χ0) is 17.7. The fraction of sp³-hybridized carbons (Fsp3) is 0.478. The quantitative estimate of drug-likeness (QED) is 0.484. The normalized spacial score (nSPS) is 12.1. The Labute approximate surface area is 153 Å². The first-order chi connectivity index (χ1) is 12.3. The van der Waals surface area contributed by atoms with Gasteiger partial charge in [0.1, 0.15) is 5.75 Å². The van der Waals surface area contributed by atoms with Crippen LogP contribution in [0.4, 0.5) is 0 Å². The monoisotopic (exact) mass is 339 g/mol. The van der Waals surface area contributed by atoms with Crippen LogP contribution in [0.2, 0.25) is 0 Å². The van der Waals surface area contributed by atoms with Gasteiger partial charge in [0, 0.05) is 6.04 Å². The SMILES string of the molecule is CCCCCCOc1ccc(C(CC)NCCc2ccccc2)cc1. The molecule has 2 heteroatoms. The summed E-state index contributed by atoms with van der Waals surface area (Å²) in [5.74, 6) is 0.986. The Morgan fingerprint density at radius 3 is 2.32 bits per heavy atom. The maximum absolute atomic E-state index is 5.84. The van der Waals surface area contributed by atoms with Crippen molar-refractivity contribution in [3.8, 4) is 5.75 Å². The number of rotatable bonds is 12. The molecule has 0 saturated heterocycles. The lowest BCUT2D eigenvalue weighted by molar-refractivity contribution is 0.305. The third-order valence-corrected chi connectivity index (χ3v) is 4.60. The van der Waals surface area contributed by atoms with Gasteiger partial charge in [0.2, 0.25) is 0 Å². The minimum absolute atomic E-state index is 0.405. The second-order valence-electron chi connectivity index (χ2n) is 6.63. The Bertz CT molecular complexity index is 564. The van der Waals surface area contributed by atoms with Crippen LogP contribution in [0.15, 0.2) is 54.6 Å². The molecule has 0 aliphatic rings. The Morgan fingerprint density at radius 1 is 0.880 bits per heavy atom. The van der Waals surface area contributed by atoms with Gasteiger partial charge in [0.25, 0.3) is 0 Å². The fourth-order valence-electron chi connectivity index (χ4n) is 3.05. The molecule has 0 radical (unpaired) electrons. The highest BCUT2D eigenvalue weighted by Gasteiger charge is 2.08. The molecule has 2 aromatic rings. The summed E-state index contributed by atoms with van der Waals surface area (Å²) >= 11 is 0. The zero-order valence-corrected chi connectivity index (χ0v) is 15.8. The Kier molecular flexibility index (Phi) is 9.14. The molecule has 25 heavy (non-hydrogen) atoms. The van der Waals surface area contributed by atoms with E-state index in [9.17, 15) is 0 Å². The molecule has 0 fully saturated rings. The summed E-state index contributed by atoms with van der Waals surface area (Å²) in [6.45, 7) is 6.29. The molecule has 0 saturated carbocycles. The van der Waals surface area contributed by atoms with Gasteiger partial charge in [0.05, 0.1) is 6.61 Å². The lowest BCUT2D eigenvalue weighted by Gasteiger charge is -2.18. The topological polar surface area (TPSA) is 21.3 Å². The van der Waals surface area contributed by atoms with E-state index in [1.54, 1.807) is 0 Å². The lowest BCUT2D eigenvalue weighted by Crippen LogP contribution is -2.23. The summed E-state index contributed by atoms with van der Waals surface area (Å²) in [6, 6.07) is 19.7. The Hall–Kier alpha value is -1.80. The minimum atomic E-state index is 0.405. The molecule has 1 unspecified atom stereocenters. The molecular weight excluding hydrogens is 306 g/mol. The largest absolute Gasteiger partial charge is 0.494 e. The summed E-state index contributed by atoms with van der Waals surface area (Å²) in [6.07, 6.45) is 7.13. The van der Waals surface area contributed by atoms with Crippen molar-refractivity contribution in [2.24, 2.45) is 0 Å². The standard InChI is InChI=1S/C23H33NO/c1-3-5-6-10-19-25-22-15-13-21(14-16-22)23(4-2)24-18-17-20-11-8-7-9-12-20/h7-9,11-16,23-24H,3-6,10,17-19H2,1-2H3. The molecule has 0 amide bonds. The van der Waals surface area contributed by atoms with Crippen LogP contribution >= 0.6 is 0 Å².